The van der Waals surface area contributed by atoms with E-state index in [0.29, 0.717) is 6.42 Å². The maximum absolute atomic E-state index is 13.1. The van der Waals surface area contributed by atoms with Crippen LogP contribution in [0.4, 0.5) is 0 Å². The van der Waals surface area contributed by atoms with Crippen LogP contribution in [0.3, 0.4) is 0 Å². The molecular weight excluding hydrogens is 440 g/mol. The molecular formula is C18H32N8O7. The van der Waals surface area contributed by atoms with E-state index in [1.807, 2.05) is 0 Å². The number of carbonyl (C=O) groups is 5. The summed E-state index contributed by atoms with van der Waals surface area (Å²) in [5, 5.41) is 23.0. The molecule has 0 saturated carbocycles. The van der Waals surface area contributed by atoms with Crippen molar-refractivity contribution in [3.8, 4) is 0 Å². The standard InChI is InChI=1S/C18H32N8O7/c19-9(8-27)14(29)25-11(7-13(20)28)15(30)24-10(3-1-5-23-18(21)22)16(31)26-6-2-4-12(26)17(32)33/h9-12,27H,1-8,19H2,(H2,20,28)(H,24,30)(H,25,29)(H,32,33)(H4,21,22,23). The number of aliphatic carboxylic acids is 1. The molecule has 4 amide bonds. The summed E-state index contributed by atoms with van der Waals surface area (Å²) in [7, 11) is 0. The molecule has 1 aliphatic rings. The average Bonchev–Trinajstić information content (AvgIpc) is 3.23. The monoisotopic (exact) mass is 472 g/mol. The molecule has 1 saturated heterocycles. The lowest BCUT2D eigenvalue weighted by atomic mass is 10.1. The van der Waals surface area contributed by atoms with Gasteiger partial charge < -0.3 is 48.7 Å². The van der Waals surface area contributed by atoms with Crippen molar-refractivity contribution in [1.29, 1.82) is 0 Å². The highest BCUT2D eigenvalue weighted by Gasteiger charge is 2.38. The fourth-order valence-corrected chi connectivity index (χ4v) is 3.29. The number of hydrogen-bond donors (Lipinski definition) is 8. The fraction of sp³-hybridized carbons (Fsp3) is 0.667. The van der Waals surface area contributed by atoms with Crippen molar-refractivity contribution in [2.24, 2.45) is 27.9 Å². The number of carboxylic acid groups (broad SMARTS) is 1. The Morgan fingerprint density at radius 3 is 2.24 bits per heavy atom. The van der Waals surface area contributed by atoms with Gasteiger partial charge in [0.2, 0.25) is 23.6 Å². The second-order valence-electron chi connectivity index (χ2n) is 7.56. The van der Waals surface area contributed by atoms with E-state index in [-0.39, 0.29) is 38.3 Å². The molecule has 12 N–H and O–H groups in total. The summed E-state index contributed by atoms with van der Waals surface area (Å²) >= 11 is 0. The van der Waals surface area contributed by atoms with Crippen molar-refractivity contribution in [2.45, 2.75) is 56.3 Å². The van der Waals surface area contributed by atoms with E-state index in [0.717, 1.165) is 4.90 Å². The van der Waals surface area contributed by atoms with Crippen LogP contribution in [0.5, 0.6) is 0 Å². The van der Waals surface area contributed by atoms with Gasteiger partial charge in [-0.2, -0.15) is 0 Å². The lowest BCUT2D eigenvalue weighted by molar-refractivity contribution is -0.149. The molecule has 0 spiro atoms. The summed E-state index contributed by atoms with van der Waals surface area (Å²) in [6.07, 6.45) is 0.484. The molecule has 0 bridgehead atoms. The number of carbonyl (C=O) groups excluding carboxylic acids is 4. The van der Waals surface area contributed by atoms with Crippen molar-refractivity contribution < 1.29 is 34.2 Å². The van der Waals surface area contributed by atoms with Gasteiger partial charge in [0.05, 0.1) is 13.0 Å². The molecule has 0 radical (unpaired) electrons. The van der Waals surface area contributed by atoms with E-state index in [4.69, 9.17) is 28.0 Å². The van der Waals surface area contributed by atoms with E-state index in [2.05, 4.69) is 15.6 Å². The van der Waals surface area contributed by atoms with Crippen molar-refractivity contribution in [3.05, 3.63) is 0 Å². The van der Waals surface area contributed by atoms with Crippen LogP contribution in [0, 0.1) is 0 Å². The lowest BCUT2D eigenvalue weighted by Crippen LogP contribution is -2.58. The molecule has 15 heteroatoms. The minimum Gasteiger partial charge on any atom is -0.480 e. The zero-order valence-corrected chi connectivity index (χ0v) is 18.1. The number of hydrogen-bond acceptors (Lipinski definition) is 8. The number of guanidine groups is 1. The zero-order valence-electron chi connectivity index (χ0n) is 18.1. The number of amides is 4. The van der Waals surface area contributed by atoms with Gasteiger partial charge in [0.1, 0.15) is 24.2 Å². The molecule has 1 rings (SSSR count). The van der Waals surface area contributed by atoms with Crippen LogP contribution in [0.15, 0.2) is 4.99 Å². The van der Waals surface area contributed by atoms with Crippen LogP contribution in [-0.2, 0) is 24.0 Å². The highest BCUT2D eigenvalue weighted by Crippen LogP contribution is 2.19. The Kier molecular flexibility index (Phi) is 11.0. The number of primary amides is 1. The van der Waals surface area contributed by atoms with E-state index < -0.39 is 66.8 Å². The van der Waals surface area contributed by atoms with E-state index in [9.17, 15) is 29.1 Å². The molecule has 4 unspecified atom stereocenters. The summed E-state index contributed by atoms with van der Waals surface area (Å²) in [4.78, 5) is 65.7. The summed E-state index contributed by atoms with van der Waals surface area (Å²) in [5.41, 5.74) is 21.1. The van der Waals surface area contributed by atoms with E-state index in [1.165, 1.54) is 0 Å². The molecule has 4 atom stereocenters. The number of likely N-dealkylation sites (tertiary alicyclic amines) is 1. The second-order valence-corrected chi connectivity index (χ2v) is 7.56. The van der Waals surface area contributed by atoms with Crippen molar-refractivity contribution in [3.63, 3.8) is 0 Å². The largest absolute Gasteiger partial charge is 0.480 e. The van der Waals surface area contributed by atoms with E-state index in [1.54, 1.807) is 0 Å². The predicted molar refractivity (Wildman–Crippen MR) is 115 cm³/mol. The van der Waals surface area contributed by atoms with Gasteiger partial charge in [-0.3, -0.25) is 24.2 Å². The minimum absolute atomic E-state index is 0.0532. The molecule has 33 heavy (non-hydrogen) atoms. The first-order chi connectivity index (χ1) is 15.5. The lowest BCUT2D eigenvalue weighted by Gasteiger charge is -2.28. The first kappa shape index (κ1) is 27.6. The van der Waals surface area contributed by atoms with Gasteiger partial charge in [-0.1, -0.05) is 0 Å². The smallest absolute Gasteiger partial charge is 0.326 e. The Morgan fingerprint density at radius 1 is 1.06 bits per heavy atom. The second kappa shape index (κ2) is 13.2. The molecule has 0 aliphatic carbocycles. The van der Waals surface area contributed by atoms with Gasteiger partial charge in [-0.25, -0.2) is 4.79 Å². The number of aliphatic hydroxyl groups excluding tert-OH is 1. The SMILES string of the molecule is NC(=O)CC(NC(=O)C(N)CO)C(=O)NC(CCCN=C(N)N)C(=O)N1CCCC1C(=O)O. The van der Waals surface area contributed by atoms with Crippen molar-refractivity contribution >= 4 is 35.6 Å². The first-order valence-electron chi connectivity index (χ1n) is 10.3. The number of aliphatic imine (C=N–C) groups is 1. The Labute approximate surface area is 189 Å². The third kappa shape index (κ3) is 8.89. The topological polar surface area (TPSA) is 270 Å². The highest BCUT2D eigenvalue weighted by atomic mass is 16.4. The molecule has 1 aliphatic heterocycles. The van der Waals surface area contributed by atoms with Crippen molar-refractivity contribution in [2.75, 3.05) is 19.7 Å². The van der Waals surface area contributed by atoms with Gasteiger partial charge in [0.25, 0.3) is 0 Å². The normalized spacial score (nSPS) is 18.0. The predicted octanol–water partition coefficient (Wildman–Crippen LogP) is -4.72. The highest BCUT2D eigenvalue weighted by molar-refractivity contribution is 5.96. The maximum atomic E-state index is 13.1. The molecule has 0 aromatic carbocycles. The molecule has 0 aromatic heterocycles. The third-order valence-electron chi connectivity index (χ3n) is 4.95. The van der Waals surface area contributed by atoms with E-state index >= 15 is 0 Å². The zero-order chi connectivity index (χ0) is 25.1. The number of aliphatic hydroxyl groups is 1. The van der Waals surface area contributed by atoms with Crippen LogP contribution in [-0.4, -0.2) is 94.5 Å². The van der Waals surface area contributed by atoms with Gasteiger partial charge >= 0.3 is 5.97 Å². The van der Waals surface area contributed by atoms with Crippen LogP contribution in [0.2, 0.25) is 0 Å². The van der Waals surface area contributed by atoms with Crippen LogP contribution >= 0.6 is 0 Å². The van der Waals surface area contributed by atoms with Gasteiger partial charge in [-0.15, -0.1) is 0 Å². The van der Waals surface area contributed by atoms with Crippen LogP contribution in [0.1, 0.15) is 32.1 Å². The average molecular weight is 473 g/mol. The first-order valence-corrected chi connectivity index (χ1v) is 10.3. The Bertz CT molecular complexity index is 771. The quantitative estimate of drug-likeness (QED) is 0.0720. The summed E-state index contributed by atoms with van der Waals surface area (Å²) in [6, 6.07) is -5.01. The molecule has 186 valence electrons. The Balaban J connectivity index is 3.03. The van der Waals surface area contributed by atoms with Gasteiger partial charge in [0.15, 0.2) is 5.96 Å². The van der Waals surface area contributed by atoms with Crippen molar-refractivity contribution in [1.82, 2.24) is 15.5 Å². The summed E-state index contributed by atoms with van der Waals surface area (Å²) in [5.74, 6) is -4.66. The maximum Gasteiger partial charge on any atom is 0.326 e. The van der Waals surface area contributed by atoms with Gasteiger partial charge in [0, 0.05) is 13.1 Å². The number of nitrogens with one attached hydrogen (secondary N) is 2. The van der Waals surface area contributed by atoms with Gasteiger partial charge in [-0.05, 0) is 25.7 Å². The number of nitrogens with two attached hydrogens (primary N) is 4. The fourth-order valence-electron chi connectivity index (χ4n) is 3.29. The Morgan fingerprint density at radius 2 is 1.70 bits per heavy atom. The Hall–Kier alpha value is -3.46. The molecule has 15 nitrogen and oxygen atoms in total. The number of carboxylic acids is 1. The number of nitrogens with zero attached hydrogens (tertiary/aromatic N) is 2. The third-order valence-corrected chi connectivity index (χ3v) is 4.95. The van der Waals surface area contributed by atoms with Crippen LogP contribution < -0.4 is 33.6 Å². The molecule has 0 aromatic rings. The minimum atomic E-state index is -1.46. The summed E-state index contributed by atoms with van der Waals surface area (Å²) < 4.78 is 0. The van der Waals surface area contributed by atoms with Crippen LogP contribution in [0.25, 0.3) is 0 Å². The molecule has 1 heterocycles. The summed E-state index contributed by atoms with van der Waals surface area (Å²) in [6.45, 7) is -0.353. The molecule has 1 fully saturated rings. The number of rotatable bonds is 13.